The van der Waals surface area contributed by atoms with Crippen molar-refractivity contribution < 1.29 is 0 Å². The second kappa shape index (κ2) is 7.93. The van der Waals surface area contributed by atoms with Crippen molar-refractivity contribution in [3.05, 3.63) is 22.4 Å². The van der Waals surface area contributed by atoms with E-state index < -0.39 is 0 Å². The van der Waals surface area contributed by atoms with Gasteiger partial charge < -0.3 is 10.2 Å². The smallest absolute Gasteiger partial charge is 0.0107 e. The van der Waals surface area contributed by atoms with Gasteiger partial charge >= 0.3 is 0 Å². The van der Waals surface area contributed by atoms with Crippen LogP contribution in [0.15, 0.2) is 16.8 Å². The molecule has 1 unspecified atom stereocenters. The van der Waals surface area contributed by atoms with Crippen LogP contribution in [0, 0.1) is 5.92 Å². The van der Waals surface area contributed by atoms with Crippen LogP contribution in [0.2, 0.25) is 0 Å². The first-order chi connectivity index (χ1) is 8.88. The number of rotatable bonds is 7. The summed E-state index contributed by atoms with van der Waals surface area (Å²) in [6.45, 7) is 8.43. The van der Waals surface area contributed by atoms with Gasteiger partial charge in [-0.2, -0.15) is 11.3 Å². The highest BCUT2D eigenvalue weighted by Crippen LogP contribution is 2.18. The summed E-state index contributed by atoms with van der Waals surface area (Å²) in [4.78, 5) is 2.63. The number of hydrogen-bond donors (Lipinski definition) is 1. The van der Waals surface area contributed by atoms with Gasteiger partial charge in [0, 0.05) is 19.6 Å². The van der Waals surface area contributed by atoms with Crippen molar-refractivity contribution in [3.63, 3.8) is 0 Å². The lowest BCUT2D eigenvalue weighted by atomic mass is 9.96. The average molecular weight is 266 g/mol. The Balaban J connectivity index is 1.52. The minimum atomic E-state index is 0.949. The molecule has 0 saturated carbocycles. The number of nitrogens with one attached hydrogen (secondary N) is 1. The predicted molar refractivity (Wildman–Crippen MR) is 80.3 cm³/mol. The molecule has 2 nitrogen and oxygen atoms in total. The maximum absolute atomic E-state index is 3.57. The lowest BCUT2D eigenvalue weighted by Crippen LogP contribution is -2.39. The van der Waals surface area contributed by atoms with Gasteiger partial charge in [-0.25, -0.2) is 0 Å². The number of piperidine rings is 1. The standard InChI is InChI=1S/C15H26N2S/c1-2-14-4-3-9-17(12-14)10-8-16-7-5-15-6-11-18-13-15/h6,11,13-14,16H,2-5,7-10,12H2,1H3. The monoisotopic (exact) mass is 266 g/mol. The lowest BCUT2D eigenvalue weighted by Gasteiger charge is -2.32. The Morgan fingerprint density at radius 2 is 2.39 bits per heavy atom. The van der Waals surface area contributed by atoms with E-state index in [2.05, 4.69) is 34.0 Å². The summed E-state index contributed by atoms with van der Waals surface area (Å²) in [6, 6.07) is 2.23. The van der Waals surface area contributed by atoms with Crippen LogP contribution >= 0.6 is 11.3 Å². The van der Waals surface area contributed by atoms with Crippen molar-refractivity contribution >= 4 is 11.3 Å². The van der Waals surface area contributed by atoms with Crippen molar-refractivity contribution in [1.29, 1.82) is 0 Å². The first-order valence-corrected chi connectivity index (χ1v) is 8.27. The Morgan fingerprint density at radius 1 is 1.44 bits per heavy atom. The molecule has 1 aromatic rings. The van der Waals surface area contributed by atoms with E-state index in [1.807, 2.05) is 0 Å². The molecule has 2 heterocycles. The zero-order valence-electron chi connectivity index (χ0n) is 11.5. The summed E-state index contributed by atoms with van der Waals surface area (Å²) in [5.74, 6) is 0.949. The van der Waals surface area contributed by atoms with Crippen LogP contribution in [0.4, 0.5) is 0 Å². The number of hydrogen-bond acceptors (Lipinski definition) is 3. The molecule has 0 aromatic carbocycles. The van der Waals surface area contributed by atoms with Gasteiger partial charge in [-0.3, -0.25) is 0 Å². The van der Waals surface area contributed by atoms with Gasteiger partial charge in [0.25, 0.3) is 0 Å². The average Bonchev–Trinajstić information content (AvgIpc) is 2.92. The van der Waals surface area contributed by atoms with E-state index >= 15 is 0 Å². The second-order valence-electron chi connectivity index (χ2n) is 5.35. The maximum atomic E-state index is 3.57. The SMILES string of the molecule is CCC1CCCN(CCNCCc2ccsc2)C1. The van der Waals surface area contributed by atoms with Gasteiger partial charge in [-0.05, 0) is 60.7 Å². The van der Waals surface area contributed by atoms with Crippen LogP contribution in [0.5, 0.6) is 0 Å². The Labute approximate surface area is 115 Å². The Morgan fingerprint density at radius 3 is 3.17 bits per heavy atom. The molecule has 1 atom stereocenters. The molecule has 1 saturated heterocycles. The molecule has 3 heteroatoms. The van der Waals surface area contributed by atoms with E-state index in [1.54, 1.807) is 11.3 Å². The molecular formula is C15H26N2S. The topological polar surface area (TPSA) is 15.3 Å². The molecule has 18 heavy (non-hydrogen) atoms. The highest BCUT2D eigenvalue weighted by Gasteiger charge is 2.17. The summed E-state index contributed by atoms with van der Waals surface area (Å²) in [6.07, 6.45) is 5.36. The zero-order valence-corrected chi connectivity index (χ0v) is 12.3. The summed E-state index contributed by atoms with van der Waals surface area (Å²) < 4.78 is 0. The van der Waals surface area contributed by atoms with Gasteiger partial charge in [-0.1, -0.05) is 13.3 Å². The Hall–Kier alpha value is -0.380. The molecule has 1 aliphatic heterocycles. The van der Waals surface area contributed by atoms with E-state index in [9.17, 15) is 0 Å². The highest BCUT2D eigenvalue weighted by molar-refractivity contribution is 7.07. The van der Waals surface area contributed by atoms with Crippen molar-refractivity contribution in [2.75, 3.05) is 32.7 Å². The lowest BCUT2D eigenvalue weighted by molar-refractivity contribution is 0.172. The van der Waals surface area contributed by atoms with Crippen LogP contribution in [-0.2, 0) is 6.42 Å². The fraction of sp³-hybridized carbons (Fsp3) is 0.733. The fourth-order valence-electron chi connectivity index (χ4n) is 2.72. The third-order valence-corrected chi connectivity index (χ3v) is 4.69. The quantitative estimate of drug-likeness (QED) is 0.763. The van der Waals surface area contributed by atoms with Gasteiger partial charge in [0.05, 0.1) is 0 Å². The minimum Gasteiger partial charge on any atom is -0.315 e. The molecule has 102 valence electrons. The Kier molecular flexibility index (Phi) is 6.18. The number of thiophene rings is 1. The molecule has 0 radical (unpaired) electrons. The van der Waals surface area contributed by atoms with E-state index in [0.717, 1.165) is 19.0 Å². The minimum absolute atomic E-state index is 0.949. The third kappa shape index (κ3) is 4.71. The molecular weight excluding hydrogens is 240 g/mol. The zero-order chi connectivity index (χ0) is 12.6. The van der Waals surface area contributed by atoms with Crippen LogP contribution in [0.3, 0.4) is 0 Å². The molecule has 0 spiro atoms. The summed E-state index contributed by atoms with van der Waals surface area (Å²) in [7, 11) is 0. The van der Waals surface area contributed by atoms with E-state index in [4.69, 9.17) is 0 Å². The van der Waals surface area contributed by atoms with E-state index in [1.165, 1.54) is 50.9 Å². The fourth-order valence-corrected chi connectivity index (χ4v) is 3.42. The highest BCUT2D eigenvalue weighted by atomic mass is 32.1. The molecule has 0 bridgehead atoms. The maximum Gasteiger partial charge on any atom is 0.0107 e. The normalized spacial score (nSPS) is 21.3. The molecule has 1 N–H and O–H groups in total. The van der Waals surface area contributed by atoms with E-state index in [0.29, 0.717) is 0 Å². The first kappa shape index (κ1) is 14.0. The van der Waals surface area contributed by atoms with Crippen molar-refractivity contribution in [1.82, 2.24) is 10.2 Å². The van der Waals surface area contributed by atoms with Gasteiger partial charge in [0.1, 0.15) is 0 Å². The van der Waals surface area contributed by atoms with Gasteiger partial charge in [0.15, 0.2) is 0 Å². The first-order valence-electron chi connectivity index (χ1n) is 7.32. The molecule has 1 aromatic heterocycles. The second-order valence-corrected chi connectivity index (χ2v) is 6.13. The van der Waals surface area contributed by atoms with Crippen LogP contribution in [-0.4, -0.2) is 37.6 Å². The molecule has 0 amide bonds. The number of nitrogens with zero attached hydrogens (tertiary/aromatic N) is 1. The van der Waals surface area contributed by atoms with Crippen LogP contribution in [0.25, 0.3) is 0 Å². The Bertz CT molecular complexity index is 310. The van der Waals surface area contributed by atoms with Crippen molar-refractivity contribution in [2.24, 2.45) is 5.92 Å². The van der Waals surface area contributed by atoms with Crippen LogP contribution < -0.4 is 5.32 Å². The molecule has 1 fully saturated rings. The van der Waals surface area contributed by atoms with Gasteiger partial charge in [0.2, 0.25) is 0 Å². The molecule has 0 aliphatic carbocycles. The number of likely N-dealkylation sites (tertiary alicyclic amines) is 1. The van der Waals surface area contributed by atoms with E-state index in [-0.39, 0.29) is 0 Å². The van der Waals surface area contributed by atoms with Crippen molar-refractivity contribution in [2.45, 2.75) is 32.6 Å². The molecule has 2 rings (SSSR count). The van der Waals surface area contributed by atoms with Gasteiger partial charge in [-0.15, -0.1) is 0 Å². The van der Waals surface area contributed by atoms with Crippen molar-refractivity contribution in [3.8, 4) is 0 Å². The van der Waals surface area contributed by atoms with Crippen LogP contribution in [0.1, 0.15) is 31.7 Å². The summed E-state index contributed by atoms with van der Waals surface area (Å²) in [5, 5.41) is 7.98. The largest absolute Gasteiger partial charge is 0.315 e. The third-order valence-electron chi connectivity index (χ3n) is 3.96. The summed E-state index contributed by atoms with van der Waals surface area (Å²) in [5.41, 5.74) is 1.47. The molecule has 1 aliphatic rings. The summed E-state index contributed by atoms with van der Waals surface area (Å²) >= 11 is 1.79. The predicted octanol–water partition coefficient (Wildman–Crippen LogP) is 3.00.